The Morgan fingerprint density at radius 3 is 2.35 bits per heavy atom. The highest BCUT2D eigenvalue weighted by molar-refractivity contribution is 9.10. The average molecular weight is 644 g/mol. The van der Waals surface area contributed by atoms with Crippen LogP contribution in [0.5, 0.6) is 11.5 Å². The molecule has 5 rings (SSSR count). The van der Waals surface area contributed by atoms with Crippen LogP contribution >= 0.6 is 15.9 Å². The first-order chi connectivity index (χ1) is 20.8. The standard InChI is InChI=1S/C32H23BrFN3O6/c33-22-6-15-28(43-19-29(38)35-24-9-7-23(34)8-10-24)21(16-22)17-27-30(39)36-32(41)37(31(27)40)25-11-13-26(14-12-25)42-18-20-4-2-1-3-5-20/h1-17H,18-19H2,(H,35,38)(H,36,39,41)/b27-17-. The van der Waals surface area contributed by atoms with Crippen LogP contribution in [-0.4, -0.2) is 30.4 Å². The molecule has 11 heteroatoms. The summed E-state index contributed by atoms with van der Waals surface area (Å²) in [6.07, 6.45) is 1.28. The lowest BCUT2D eigenvalue weighted by molar-refractivity contribution is -0.122. The fourth-order valence-corrected chi connectivity index (χ4v) is 4.50. The number of rotatable bonds is 9. The quantitative estimate of drug-likeness (QED) is 0.175. The highest BCUT2D eigenvalue weighted by atomic mass is 79.9. The minimum Gasteiger partial charge on any atom is -0.489 e. The Hall–Kier alpha value is -5.29. The normalized spacial score (nSPS) is 14.0. The Bertz CT molecular complexity index is 1710. The van der Waals surface area contributed by atoms with E-state index in [4.69, 9.17) is 9.47 Å². The van der Waals surface area contributed by atoms with Crippen molar-refractivity contribution in [3.63, 3.8) is 0 Å². The van der Waals surface area contributed by atoms with Crippen molar-refractivity contribution in [3.8, 4) is 11.5 Å². The van der Waals surface area contributed by atoms with Gasteiger partial charge in [-0.2, -0.15) is 0 Å². The molecule has 1 aliphatic rings. The molecule has 0 atom stereocenters. The summed E-state index contributed by atoms with van der Waals surface area (Å²) in [4.78, 5) is 52.1. The zero-order valence-electron chi connectivity index (χ0n) is 22.4. The number of hydrogen-bond acceptors (Lipinski definition) is 6. The van der Waals surface area contributed by atoms with E-state index in [1.54, 1.807) is 42.5 Å². The van der Waals surface area contributed by atoms with Crippen LogP contribution in [0.1, 0.15) is 11.1 Å². The summed E-state index contributed by atoms with van der Waals surface area (Å²) in [6, 6.07) is 25.1. The van der Waals surface area contributed by atoms with E-state index >= 15 is 0 Å². The third-order valence-electron chi connectivity index (χ3n) is 6.20. The second-order valence-corrected chi connectivity index (χ2v) is 10.2. The first-order valence-electron chi connectivity index (χ1n) is 12.9. The monoisotopic (exact) mass is 643 g/mol. The van der Waals surface area contributed by atoms with Gasteiger partial charge < -0.3 is 14.8 Å². The van der Waals surface area contributed by atoms with Crippen LogP contribution in [0.3, 0.4) is 0 Å². The largest absolute Gasteiger partial charge is 0.489 e. The minimum atomic E-state index is -0.895. The number of hydrogen-bond donors (Lipinski definition) is 2. The Morgan fingerprint density at radius 1 is 0.907 bits per heavy atom. The molecule has 1 fully saturated rings. The number of barbiturate groups is 1. The zero-order chi connectivity index (χ0) is 30.3. The number of nitrogens with zero attached hydrogens (tertiary/aromatic N) is 1. The topological polar surface area (TPSA) is 114 Å². The number of nitrogens with one attached hydrogen (secondary N) is 2. The summed E-state index contributed by atoms with van der Waals surface area (Å²) >= 11 is 3.36. The Labute approximate surface area is 254 Å². The fourth-order valence-electron chi connectivity index (χ4n) is 4.12. The maximum Gasteiger partial charge on any atom is 0.335 e. The van der Waals surface area contributed by atoms with Crippen LogP contribution in [-0.2, 0) is 21.0 Å². The molecule has 0 aliphatic carbocycles. The molecule has 4 aromatic rings. The van der Waals surface area contributed by atoms with Crippen LogP contribution < -0.4 is 25.0 Å². The maximum absolute atomic E-state index is 13.4. The molecule has 216 valence electrons. The molecule has 0 bridgehead atoms. The number of amides is 5. The molecule has 0 unspecified atom stereocenters. The molecule has 4 aromatic carbocycles. The molecule has 1 heterocycles. The molecule has 0 radical (unpaired) electrons. The fraction of sp³-hybridized carbons (Fsp3) is 0.0625. The third kappa shape index (κ3) is 7.32. The van der Waals surface area contributed by atoms with E-state index in [-0.39, 0.29) is 17.0 Å². The van der Waals surface area contributed by atoms with Gasteiger partial charge in [0.15, 0.2) is 6.61 Å². The van der Waals surface area contributed by atoms with Gasteiger partial charge in [-0.3, -0.25) is 19.7 Å². The van der Waals surface area contributed by atoms with Gasteiger partial charge in [0, 0.05) is 15.7 Å². The summed E-state index contributed by atoms with van der Waals surface area (Å²) in [5, 5.41) is 4.78. The molecule has 0 spiro atoms. The summed E-state index contributed by atoms with van der Waals surface area (Å²) in [6.45, 7) is -0.0612. The second-order valence-electron chi connectivity index (χ2n) is 9.25. The van der Waals surface area contributed by atoms with Gasteiger partial charge in [0.25, 0.3) is 17.7 Å². The molecular formula is C32H23BrFN3O6. The van der Waals surface area contributed by atoms with E-state index in [0.717, 1.165) is 10.5 Å². The Kier molecular flexibility index (Phi) is 8.92. The number of imide groups is 2. The van der Waals surface area contributed by atoms with Crippen molar-refractivity contribution in [2.24, 2.45) is 0 Å². The van der Waals surface area contributed by atoms with Gasteiger partial charge in [0.2, 0.25) is 0 Å². The molecule has 1 saturated heterocycles. The van der Waals surface area contributed by atoms with Crippen LogP contribution in [0.4, 0.5) is 20.6 Å². The van der Waals surface area contributed by atoms with E-state index in [0.29, 0.717) is 28.1 Å². The first kappa shape index (κ1) is 29.2. The van der Waals surface area contributed by atoms with E-state index in [1.807, 2.05) is 30.3 Å². The lowest BCUT2D eigenvalue weighted by Gasteiger charge is -2.26. The van der Waals surface area contributed by atoms with Crippen molar-refractivity contribution < 1.29 is 33.0 Å². The van der Waals surface area contributed by atoms with Crippen LogP contribution in [0, 0.1) is 5.82 Å². The molecule has 43 heavy (non-hydrogen) atoms. The summed E-state index contributed by atoms with van der Waals surface area (Å²) in [5.74, 6) is -1.93. The van der Waals surface area contributed by atoms with Gasteiger partial charge in [-0.25, -0.2) is 14.1 Å². The highest BCUT2D eigenvalue weighted by Crippen LogP contribution is 2.29. The first-order valence-corrected chi connectivity index (χ1v) is 13.7. The average Bonchev–Trinajstić information content (AvgIpc) is 3.00. The predicted molar refractivity (Wildman–Crippen MR) is 161 cm³/mol. The van der Waals surface area contributed by atoms with Gasteiger partial charge in [-0.1, -0.05) is 46.3 Å². The van der Waals surface area contributed by atoms with Crippen molar-refractivity contribution in [1.82, 2.24) is 5.32 Å². The maximum atomic E-state index is 13.4. The molecule has 5 amide bonds. The Morgan fingerprint density at radius 2 is 1.63 bits per heavy atom. The number of halogens is 2. The van der Waals surface area contributed by atoms with Crippen LogP contribution in [0.25, 0.3) is 6.08 Å². The van der Waals surface area contributed by atoms with Crippen molar-refractivity contribution in [1.29, 1.82) is 0 Å². The number of ether oxygens (including phenoxy) is 2. The minimum absolute atomic E-state index is 0.203. The van der Waals surface area contributed by atoms with Crippen molar-refractivity contribution in [3.05, 3.63) is 124 Å². The molecule has 0 aromatic heterocycles. The van der Waals surface area contributed by atoms with Gasteiger partial charge >= 0.3 is 6.03 Å². The van der Waals surface area contributed by atoms with E-state index in [9.17, 15) is 23.6 Å². The van der Waals surface area contributed by atoms with Crippen LogP contribution in [0.15, 0.2) is 107 Å². The number of anilines is 2. The van der Waals surface area contributed by atoms with Crippen molar-refractivity contribution >= 4 is 57.1 Å². The van der Waals surface area contributed by atoms with Gasteiger partial charge in [0.1, 0.15) is 29.5 Å². The number of urea groups is 1. The van der Waals surface area contributed by atoms with E-state index in [2.05, 4.69) is 26.6 Å². The zero-order valence-corrected chi connectivity index (χ0v) is 24.0. The van der Waals surface area contributed by atoms with Gasteiger partial charge in [-0.15, -0.1) is 0 Å². The highest BCUT2D eigenvalue weighted by Gasteiger charge is 2.37. The summed E-state index contributed by atoms with van der Waals surface area (Å²) in [5.41, 5.74) is 1.59. The van der Waals surface area contributed by atoms with E-state index < -0.39 is 36.2 Å². The Balaban J connectivity index is 1.32. The van der Waals surface area contributed by atoms with Crippen molar-refractivity contribution in [2.45, 2.75) is 6.61 Å². The number of carbonyl (C=O) groups excluding carboxylic acids is 4. The lowest BCUT2D eigenvalue weighted by atomic mass is 10.1. The molecule has 0 saturated carbocycles. The SMILES string of the molecule is O=C(COc1ccc(Br)cc1/C=C1/C(=O)NC(=O)N(c2ccc(OCc3ccccc3)cc2)C1=O)Nc1ccc(F)cc1. The van der Waals surface area contributed by atoms with Gasteiger partial charge in [-0.05, 0) is 78.4 Å². The van der Waals surface area contributed by atoms with E-state index in [1.165, 1.54) is 30.3 Å². The van der Waals surface area contributed by atoms with Crippen LogP contribution in [0.2, 0.25) is 0 Å². The lowest BCUT2D eigenvalue weighted by Crippen LogP contribution is -2.54. The summed E-state index contributed by atoms with van der Waals surface area (Å²) < 4.78 is 25.2. The second kappa shape index (κ2) is 13.1. The molecule has 2 N–H and O–H groups in total. The molecular weight excluding hydrogens is 621 g/mol. The molecule has 1 aliphatic heterocycles. The van der Waals surface area contributed by atoms with Gasteiger partial charge in [0.05, 0.1) is 5.69 Å². The number of benzene rings is 4. The smallest absolute Gasteiger partial charge is 0.335 e. The third-order valence-corrected chi connectivity index (χ3v) is 6.70. The summed E-state index contributed by atoms with van der Waals surface area (Å²) in [7, 11) is 0. The number of carbonyl (C=O) groups is 4. The molecule has 9 nitrogen and oxygen atoms in total. The van der Waals surface area contributed by atoms with Crippen molar-refractivity contribution in [2.75, 3.05) is 16.8 Å². The predicted octanol–water partition coefficient (Wildman–Crippen LogP) is 5.85.